The number of benzene rings is 2. The molecule has 1 heterocycles. The molecule has 1 aliphatic carbocycles. The Bertz CT molecular complexity index is 988. The third-order valence-corrected chi connectivity index (χ3v) is 5.39. The second-order valence-corrected chi connectivity index (χ2v) is 7.94. The molecule has 1 aliphatic heterocycles. The Labute approximate surface area is 183 Å². The number of amides is 2. The Morgan fingerprint density at radius 2 is 1.69 bits per heavy atom. The van der Waals surface area contributed by atoms with Crippen LogP contribution in [0.25, 0.3) is 0 Å². The van der Waals surface area contributed by atoms with E-state index in [2.05, 4.69) is 0 Å². The van der Waals surface area contributed by atoms with E-state index in [1.54, 1.807) is 12.1 Å². The number of hydrogen-bond donors (Lipinski definition) is 1. The van der Waals surface area contributed by atoms with Gasteiger partial charge in [0.15, 0.2) is 11.5 Å². The molecule has 0 spiro atoms. The van der Waals surface area contributed by atoms with E-state index in [4.69, 9.17) is 9.47 Å². The minimum absolute atomic E-state index is 0.0390. The summed E-state index contributed by atoms with van der Waals surface area (Å²) in [5.41, 5.74) is 1.96. The molecule has 9 heteroatoms. The summed E-state index contributed by atoms with van der Waals surface area (Å²) in [4.78, 5) is 26.6. The lowest BCUT2D eigenvalue weighted by Gasteiger charge is -2.23. The van der Waals surface area contributed by atoms with Crippen LogP contribution >= 0.6 is 0 Å². The summed E-state index contributed by atoms with van der Waals surface area (Å²) in [7, 11) is 0. The van der Waals surface area contributed by atoms with Gasteiger partial charge in [-0.1, -0.05) is 18.2 Å². The van der Waals surface area contributed by atoms with E-state index >= 15 is 0 Å². The molecule has 0 bridgehead atoms. The SMILES string of the molecule is O=C(NCC(F)(F)F)c1ccc(CN(C(=O)CCc2ccc3c(c2)OCO3)C2CC2)cc1. The molecule has 1 saturated carbocycles. The van der Waals surface area contributed by atoms with E-state index in [0.29, 0.717) is 30.9 Å². The van der Waals surface area contributed by atoms with Gasteiger partial charge in [-0.2, -0.15) is 13.2 Å². The third-order valence-electron chi connectivity index (χ3n) is 5.39. The third kappa shape index (κ3) is 5.72. The zero-order valence-corrected chi connectivity index (χ0v) is 17.3. The first-order chi connectivity index (χ1) is 15.3. The predicted octanol–water partition coefficient (Wildman–Crippen LogP) is 3.83. The number of carbonyl (C=O) groups excluding carboxylic acids is 2. The zero-order chi connectivity index (χ0) is 22.7. The standard InChI is InChI=1S/C23H23F3N2O4/c24-23(25,26)13-27-22(30)17-5-1-16(2-6-17)12-28(18-7-8-18)21(29)10-4-15-3-9-19-20(11-15)32-14-31-19/h1-3,5-6,9,11,18H,4,7-8,10,12-14H2,(H,27,30). The highest BCUT2D eigenvalue weighted by Crippen LogP contribution is 2.33. The average Bonchev–Trinajstić information content (AvgIpc) is 3.50. The fraction of sp³-hybridized carbons (Fsp3) is 0.391. The van der Waals surface area contributed by atoms with Gasteiger partial charge in [0.25, 0.3) is 5.91 Å². The van der Waals surface area contributed by atoms with Crippen molar-refractivity contribution in [3.63, 3.8) is 0 Å². The van der Waals surface area contributed by atoms with Crippen LogP contribution in [-0.2, 0) is 17.8 Å². The first-order valence-electron chi connectivity index (χ1n) is 10.4. The summed E-state index contributed by atoms with van der Waals surface area (Å²) in [5, 5.41) is 1.85. The Morgan fingerprint density at radius 3 is 2.38 bits per heavy atom. The number of carbonyl (C=O) groups is 2. The molecular formula is C23H23F3N2O4. The van der Waals surface area contributed by atoms with Gasteiger partial charge in [-0.3, -0.25) is 9.59 Å². The minimum atomic E-state index is -4.46. The number of nitrogens with one attached hydrogen (secondary N) is 1. The summed E-state index contributed by atoms with van der Waals surface area (Å²) in [6.07, 6.45) is -1.62. The number of nitrogens with zero attached hydrogens (tertiary/aromatic N) is 1. The monoisotopic (exact) mass is 448 g/mol. The molecule has 1 fully saturated rings. The van der Waals surface area contributed by atoms with Crippen LogP contribution in [0, 0.1) is 0 Å². The second kappa shape index (κ2) is 9.10. The Morgan fingerprint density at radius 1 is 1.00 bits per heavy atom. The number of alkyl halides is 3. The van der Waals surface area contributed by atoms with Crippen molar-refractivity contribution >= 4 is 11.8 Å². The smallest absolute Gasteiger partial charge is 0.405 e. The fourth-order valence-electron chi connectivity index (χ4n) is 3.54. The average molecular weight is 448 g/mol. The maximum Gasteiger partial charge on any atom is 0.405 e. The summed E-state index contributed by atoms with van der Waals surface area (Å²) >= 11 is 0. The van der Waals surface area contributed by atoms with Crippen molar-refractivity contribution < 1.29 is 32.2 Å². The van der Waals surface area contributed by atoms with E-state index in [-0.39, 0.29) is 24.3 Å². The van der Waals surface area contributed by atoms with E-state index in [9.17, 15) is 22.8 Å². The number of ether oxygens (including phenoxy) is 2. The van der Waals surface area contributed by atoms with Crippen LogP contribution in [0.1, 0.15) is 40.7 Å². The van der Waals surface area contributed by atoms with Crippen LogP contribution < -0.4 is 14.8 Å². The molecule has 6 nitrogen and oxygen atoms in total. The van der Waals surface area contributed by atoms with Gasteiger partial charge >= 0.3 is 6.18 Å². The molecule has 2 amide bonds. The summed E-state index contributed by atoms with van der Waals surface area (Å²) in [5.74, 6) is 0.647. The largest absolute Gasteiger partial charge is 0.454 e. The molecule has 32 heavy (non-hydrogen) atoms. The summed E-state index contributed by atoms with van der Waals surface area (Å²) in [6.45, 7) is -0.772. The topological polar surface area (TPSA) is 67.9 Å². The van der Waals surface area contributed by atoms with Crippen molar-refractivity contribution in [2.45, 2.75) is 44.4 Å². The lowest BCUT2D eigenvalue weighted by atomic mass is 10.1. The number of halogens is 3. The van der Waals surface area contributed by atoms with Crippen LogP contribution in [0.15, 0.2) is 42.5 Å². The van der Waals surface area contributed by atoms with Crippen molar-refractivity contribution in [2.24, 2.45) is 0 Å². The molecule has 0 atom stereocenters. The normalized spacial score (nSPS) is 14.8. The molecule has 0 unspecified atom stereocenters. The second-order valence-electron chi connectivity index (χ2n) is 7.94. The van der Waals surface area contributed by atoms with Crippen LogP contribution in [0.4, 0.5) is 13.2 Å². The molecule has 0 aromatic heterocycles. The van der Waals surface area contributed by atoms with Crippen molar-refractivity contribution in [3.8, 4) is 11.5 Å². The fourth-order valence-corrected chi connectivity index (χ4v) is 3.54. The van der Waals surface area contributed by atoms with E-state index in [0.717, 1.165) is 24.0 Å². The van der Waals surface area contributed by atoms with Gasteiger partial charge in [0, 0.05) is 24.6 Å². The number of hydrogen-bond acceptors (Lipinski definition) is 4. The van der Waals surface area contributed by atoms with Gasteiger partial charge in [-0.25, -0.2) is 0 Å². The first kappa shape index (κ1) is 22.0. The molecule has 2 aliphatic rings. The van der Waals surface area contributed by atoms with Gasteiger partial charge in [-0.15, -0.1) is 0 Å². The summed E-state index contributed by atoms with van der Waals surface area (Å²) in [6, 6.07) is 12.1. The van der Waals surface area contributed by atoms with E-state index in [1.165, 1.54) is 12.1 Å². The highest BCUT2D eigenvalue weighted by molar-refractivity contribution is 5.94. The Balaban J connectivity index is 1.33. The number of aryl methyl sites for hydroxylation is 1. The number of rotatable bonds is 8. The van der Waals surface area contributed by atoms with Crippen molar-refractivity contribution in [3.05, 3.63) is 59.2 Å². The first-order valence-corrected chi connectivity index (χ1v) is 10.4. The molecule has 4 rings (SSSR count). The molecule has 0 saturated heterocycles. The molecule has 2 aromatic rings. The van der Waals surface area contributed by atoms with Crippen LogP contribution in [0.5, 0.6) is 11.5 Å². The number of fused-ring (bicyclic) bond motifs is 1. The van der Waals surface area contributed by atoms with Crippen molar-refractivity contribution in [2.75, 3.05) is 13.3 Å². The van der Waals surface area contributed by atoms with Crippen LogP contribution in [-0.4, -0.2) is 42.3 Å². The maximum absolute atomic E-state index is 12.9. The maximum atomic E-state index is 12.9. The molecular weight excluding hydrogens is 425 g/mol. The molecule has 170 valence electrons. The molecule has 1 N–H and O–H groups in total. The van der Waals surface area contributed by atoms with E-state index in [1.807, 2.05) is 28.4 Å². The lowest BCUT2D eigenvalue weighted by Crippen LogP contribution is -2.34. The Hall–Kier alpha value is -3.23. The Kier molecular flexibility index (Phi) is 6.25. The van der Waals surface area contributed by atoms with E-state index < -0.39 is 18.6 Å². The molecule has 0 radical (unpaired) electrons. The van der Waals surface area contributed by atoms with Crippen LogP contribution in [0.3, 0.4) is 0 Å². The van der Waals surface area contributed by atoms with Crippen LogP contribution in [0.2, 0.25) is 0 Å². The highest BCUT2D eigenvalue weighted by Gasteiger charge is 2.32. The van der Waals surface area contributed by atoms with Gasteiger partial charge in [0.2, 0.25) is 12.7 Å². The quantitative estimate of drug-likeness (QED) is 0.667. The minimum Gasteiger partial charge on any atom is -0.454 e. The lowest BCUT2D eigenvalue weighted by molar-refractivity contribution is -0.132. The zero-order valence-electron chi connectivity index (χ0n) is 17.3. The van der Waals surface area contributed by atoms with Gasteiger partial charge in [-0.05, 0) is 54.7 Å². The highest BCUT2D eigenvalue weighted by atomic mass is 19.4. The summed E-state index contributed by atoms with van der Waals surface area (Å²) < 4.78 is 47.5. The van der Waals surface area contributed by atoms with Gasteiger partial charge in [0.05, 0.1) is 0 Å². The molecule has 2 aromatic carbocycles. The van der Waals surface area contributed by atoms with Crippen molar-refractivity contribution in [1.82, 2.24) is 10.2 Å². The van der Waals surface area contributed by atoms with Gasteiger partial charge < -0.3 is 19.7 Å². The predicted molar refractivity (Wildman–Crippen MR) is 109 cm³/mol. The van der Waals surface area contributed by atoms with Crippen molar-refractivity contribution in [1.29, 1.82) is 0 Å². The van der Waals surface area contributed by atoms with Gasteiger partial charge in [0.1, 0.15) is 6.54 Å².